The van der Waals surface area contributed by atoms with Crippen molar-refractivity contribution < 1.29 is 9.72 Å². The van der Waals surface area contributed by atoms with Crippen molar-refractivity contribution >= 4 is 28.7 Å². The van der Waals surface area contributed by atoms with Gasteiger partial charge >= 0.3 is 0 Å². The number of nitro benzene ring substituents is 1. The lowest BCUT2D eigenvalue weighted by atomic mass is 10.1. The molecule has 4 aromatic rings. The van der Waals surface area contributed by atoms with Crippen molar-refractivity contribution in [1.29, 1.82) is 0 Å². The molecule has 0 spiro atoms. The molecule has 0 fully saturated rings. The maximum absolute atomic E-state index is 12.3. The summed E-state index contributed by atoms with van der Waals surface area (Å²) < 4.78 is 2.10. The molecule has 0 aliphatic rings. The highest BCUT2D eigenvalue weighted by molar-refractivity contribution is 6.07. The molecule has 0 unspecified atom stereocenters. The molecule has 0 saturated heterocycles. The largest absolute Gasteiger partial charge is 0.343 e. The Morgan fingerprint density at radius 1 is 1.00 bits per heavy atom. The van der Waals surface area contributed by atoms with Crippen LogP contribution in [0.25, 0.3) is 22.2 Å². The molecule has 1 amide bonds. The second-order valence-electron chi connectivity index (χ2n) is 6.71. The van der Waals surface area contributed by atoms with Gasteiger partial charge in [0.2, 0.25) is 0 Å². The van der Waals surface area contributed by atoms with E-state index in [0.29, 0.717) is 5.56 Å². The SMILES string of the molecule is Cn1c(-c2ccccc2)c(C=NNC(=O)c2ccc([N+](=O)[O-])cc2)c2ccccc21. The Balaban J connectivity index is 1.65. The smallest absolute Gasteiger partial charge is 0.271 e. The molecule has 7 heteroatoms. The molecule has 0 aliphatic heterocycles. The first-order valence-corrected chi connectivity index (χ1v) is 9.27. The third kappa shape index (κ3) is 3.56. The van der Waals surface area contributed by atoms with Crippen molar-refractivity contribution in [3.63, 3.8) is 0 Å². The number of non-ortho nitro benzene ring substituents is 1. The monoisotopic (exact) mass is 398 g/mol. The van der Waals surface area contributed by atoms with E-state index in [9.17, 15) is 14.9 Å². The molecule has 1 heterocycles. The summed E-state index contributed by atoms with van der Waals surface area (Å²) in [6, 6.07) is 23.3. The topological polar surface area (TPSA) is 89.5 Å². The van der Waals surface area contributed by atoms with Crippen LogP contribution in [-0.2, 0) is 7.05 Å². The molecular formula is C23H18N4O3. The van der Waals surface area contributed by atoms with Gasteiger partial charge in [0.1, 0.15) is 0 Å². The summed E-state index contributed by atoms with van der Waals surface area (Å²) in [6.07, 6.45) is 1.63. The number of aryl methyl sites for hydroxylation is 1. The van der Waals surface area contributed by atoms with E-state index < -0.39 is 10.8 Å². The van der Waals surface area contributed by atoms with Crippen LogP contribution in [0, 0.1) is 10.1 Å². The number of hydrogen-bond donors (Lipinski definition) is 1. The number of nitro groups is 1. The number of rotatable bonds is 5. The zero-order valence-corrected chi connectivity index (χ0v) is 16.1. The summed E-state index contributed by atoms with van der Waals surface area (Å²) in [5.41, 5.74) is 6.70. The van der Waals surface area contributed by atoms with Gasteiger partial charge in [0.25, 0.3) is 11.6 Å². The molecule has 30 heavy (non-hydrogen) atoms. The zero-order valence-electron chi connectivity index (χ0n) is 16.1. The molecule has 0 saturated carbocycles. The van der Waals surface area contributed by atoms with E-state index >= 15 is 0 Å². The van der Waals surface area contributed by atoms with Gasteiger partial charge in [0, 0.05) is 41.2 Å². The summed E-state index contributed by atoms with van der Waals surface area (Å²) >= 11 is 0. The fraction of sp³-hybridized carbons (Fsp3) is 0.0435. The van der Waals surface area contributed by atoms with E-state index in [1.54, 1.807) is 6.21 Å². The minimum atomic E-state index is -0.508. The number of hydrogen-bond acceptors (Lipinski definition) is 4. The zero-order chi connectivity index (χ0) is 21.1. The number of nitrogens with one attached hydrogen (secondary N) is 1. The average Bonchev–Trinajstić information content (AvgIpc) is 3.06. The summed E-state index contributed by atoms with van der Waals surface area (Å²) in [6.45, 7) is 0. The van der Waals surface area contributed by atoms with Gasteiger partial charge < -0.3 is 4.57 Å². The fourth-order valence-corrected chi connectivity index (χ4v) is 3.45. The molecule has 0 radical (unpaired) electrons. The highest BCUT2D eigenvalue weighted by atomic mass is 16.6. The Morgan fingerprint density at radius 2 is 1.67 bits per heavy atom. The Kier molecular flexibility index (Phi) is 5.09. The first-order valence-electron chi connectivity index (χ1n) is 9.27. The lowest BCUT2D eigenvalue weighted by Crippen LogP contribution is -2.17. The van der Waals surface area contributed by atoms with Gasteiger partial charge in [-0.15, -0.1) is 0 Å². The Morgan fingerprint density at radius 3 is 2.37 bits per heavy atom. The van der Waals surface area contributed by atoms with Gasteiger partial charge in [-0.25, -0.2) is 5.43 Å². The highest BCUT2D eigenvalue weighted by Gasteiger charge is 2.15. The number of benzene rings is 3. The van der Waals surface area contributed by atoms with Crippen LogP contribution in [0.5, 0.6) is 0 Å². The standard InChI is InChI=1S/C23H18N4O3/c1-26-21-10-6-5-9-19(21)20(22(26)16-7-3-2-4-8-16)15-24-25-23(28)17-11-13-18(14-12-17)27(29)30/h2-15H,1H3,(H,25,28). The fourth-order valence-electron chi connectivity index (χ4n) is 3.45. The van der Waals surface area contributed by atoms with Crippen molar-refractivity contribution in [3.8, 4) is 11.3 Å². The van der Waals surface area contributed by atoms with E-state index in [1.165, 1.54) is 24.3 Å². The van der Waals surface area contributed by atoms with Crippen LogP contribution in [-0.4, -0.2) is 21.6 Å². The molecule has 0 bridgehead atoms. The molecular weight excluding hydrogens is 380 g/mol. The Bertz CT molecular complexity index is 1260. The quantitative estimate of drug-likeness (QED) is 0.304. The molecule has 1 aromatic heterocycles. The molecule has 4 rings (SSSR count). The molecule has 1 N–H and O–H groups in total. The van der Waals surface area contributed by atoms with Crippen LogP contribution in [0.3, 0.4) is 0 Å². The molecule has 3 aromatic carbocycles. The van der Waals surface area contributed by atoms with E-state index in [2.05, 4.69) is 15.1 Å². The number of carbonyl (C=O) groups is 1. The van der Waals surface area contributed by atoms with Crippen molar-refractivity contribution in [2.24, 2.45) is 12.1 Å². The molecule has 148 valence electrons. The molecule has 7 nitrogen and oxygen atoms in total. The predicted octanol–water partition coefficient (Wildman–Crippen LogP) is 4.52. The number of hydrazone groups is 1. The average molecular weight is 398 g/mol. The summed E-state index contributed by atoms with van der Waals surface area (Å²) in [5.74, 6) is -0.442. The lowest BCUT2D eigenvalue weighted by molar-refractivity contribution is -0.384. The Hall–Kier alpha value is -4.26. The summed E-state index contributed by atoms with van der Waals surface area (Å²) in [5, 5.41) is 15.9. The maximum Gasteiger partial charge on any atom is 0.271 e. The second-order valence-corrected chi connectivity index (χ2v) is 6.71. The van der Waals surface area contributed by atoms with E-state index in [0.717, 1.165) is 27.7 Å². The normalized spacial score (nSPS) is 11.1. The number of aromatic nitrogens is 1. The number of amides is 1. The van der Waals surface area contributed by atoms with Crippen LogP contribution in [0.4, 0.5) is 5.69 Å². The van der Waals surface area contributed by atoms with Gasteiger partial charge in [-0.05, 0) is 23.8 Å². The van der Waals surface area contributed by atoms with Gasteiger partial charge in [-0.2, -0.15) is 5.10 Å². The summed E-state index contributed by atoms with van der Waals surface area (Å²) in [4.78, 5) is 22.6. The Labute approximate surface area is 172 Å². The van der Waals surface area contributed by atoms with Crippen LogP contribution in [0.2, 0.25) is 0 Å². The van der Waals surface area contributed by atoms with Gasteiger partial charge in [0.05, 0.1) is 16.8 Å². The number of para-hydroxylation sites is 1. The summed E-state index contributed by atoms with van der Waals surface area (Å²) in [7, 11) is 2.00. The van der Waals surface area contributed by atoms with Crippen LogP contribution >= 0.6 is 0 Å². The van der Waals surface area contributed by atoms with Crippen LogP contribution in [0.1, 0.15) is 15.9 Å². The molecule has 0 atom stereocenters. The minimum Gasteiger partial charge on any atom is -0.343 e. The first kappa shape index (κ1) is 19.1. The van der Waals surface area contributed by atoms with Crippen LogP contribution in [0.15, 0.2) is 84.0 Å². The minimum absolute atomic E-state index is 0.0710. The maximum atomic E-state index is 12.3. The number of nitrogens with zero attached hydrogens (tertiary/aromatic N) is 3. The third-order valence-corrected chi connectivity index (χ3v) is 4.89. The molecule has 0 aliphatic carbocycles. The van der Waals surface area contributed by atoms with Gasteiger partial charge in [0.15, 0.2) is 0 Å². The van der Waals surface area contributed by atoms with Crippen LogP contribution < -0.4 is 5.43 Å². The van der Waals surface area contributed by atoms with E-state index in [-0.39, 0.29) is 5.69 Å². The van der Waals surface area contributed by atoms with Crippen molar-refractivity contribution in [1.82, 2.24) is 9.99 Å². The second kappa shape index (κ2) is 8.00. The van der Waals surface area contributed by atoms with Crippen molar-refractivity contribution in [3.05, 3.63) is 100 Å². The van der Waals surface area contributed by atoms with Gasteiger partial charge in [-0.1, -0.05) is 48.5 Å². The van der Waals surface area contributed by atoms with Crippen molar-refractivity contribution in [2.45, 2.75) is 0 Å². The predicted molar refractivity (Wildman–Crippen MR) is 117 cm³/mol. The highest BCUT2D eigenvalue weighted by Crippen LogP contribution is 2.31. The number of carbonyl (C=O) groups excluding carboxylic acids is 1. The van der Waals surface area contributed by atoms with Gasteiger partial charge in [-0.3, -0.25) is 14.9 Å². The lowest BCUT2D eigenvalue weighted by Gasteiger charge is -2.06. The van der Waals surface area contributed by atoms with Crippen molar-refractivity contribution in [2.75, 3.05) is 0 Å². The first-order chi connectivity index (χ1) is 14.6. The van der Waals surface area contributed by atoms with E-state index in [4.69, 9.17) is 0 Å². The van der Waals surface area contributed by atoms with E-state index in [1.807, 2.05) is 61.6 Å². The third-order valence-electron chi connectivity index (χ3n) is 4.89. The number of fused-ring (bicyclic) bond motifs is 1.